The summed E-state index contributed by atoms with van der Waals surface area (Å²) >= 11 is 0. The van der Waals surface area contributed by atoms with Crippen LogP contribution in [-0.2, 0) is 10.2 Å². The van der Waals surface area contributed by atoms with Crippen molar-refractivity contribution in [1.29, 1.82) is 0 Å². The minimum Gasteiger partial charge on any atom is -0.301 e. The van der Waals surface area contributed by atoms with Crippen molar-refractivity contribution in [3.63, 3.8) is 0 Å². The highest BCUT2D eigenvalue weighted by Crippen LogP contribution is 2.30. The molecule has 1 N–H and O–H groups in total. The lowest BCUT2D eigenvalue weighted by atomic mass is 10.2. The minimum atomic E-state index is -3.27. The summed E-state index contributed by atoms with van der Waals surface area (Å²) < 4.78 is 29.5. The molecule has 0 radical (unpaired) electrons. The van der Waals surface area contributed by atoms with Gasteiger partial charge >= 0.3 is 0 Å². The van der Waals surface area contributed by atoms with Crippen molar-refractivity contribution in [2.75, 3.05) is 32.7 Å². The molecule has 6 heteroatoms. The highest BCUT2D eigenvalue weighted by atomic mass is 32.2. The van der Waals surface area contributed by atoms with Crippen LogP contribution in [0, 0.1) is 5.92 Å². The topological polar surface area (TPSA) is 52.7 Å². The van der Waals surface area contributed by atoms with E-state index in [2.05, 4.69) is 9.62 Å². The van der Waals surface area contributed by atoms with Gasteiger partial charge in [-0.15, -0.1) is 0 Å². The summed E-state index contributed by atoms with van der Waals surface area (Å²) in [6.45, 7) is 4.48. The van der Waals surface area contributed by atoms with Gasteiger partial charge in [0.25, 0.3) is 10.2 Å². The van der Waals surface area contributed by atoms with Crippen LogP contribution in [0.5, 0.6) is 0 Å². The van der Waals surface area contributed by atoms with Crippen LogP contribution in [0.1, 0.15) is 44.9 Å². The van der Waals surface area contributed by atoms with Crippen LogP contribution in [0.25, 0.3) is 0 Å². The second-order valence-electron chi connectivity index (χ2n) is 6.62. The monoisotopic (exact) mass is 301 g/mol. The number of nitrogens with one attached hydrogen (secondary N) is 1. The quantitative estimate of drug-likeness (QED) is 0.829. The van der Waals surface area contributed by atoms with Gasteiger partial charge in [-0.2, -0.15) is 17.4 Å². The maximum atomic E-state index is 12.4. The Kier molecular flexibility index (Phi) is 4.65. The molecule has 0 amide bonds. The fraction of sp³-hybridized carbons (Fsp3) is 1.00. The van der Waals surface area contributed by atoms with Gasteiger partial charge in [-0.1, -0.05) is 12.8 Å². The van der Waals surface area contributed by atoms with Gasteiger partial charge < -0.3 is 4.90 Å². The van der Waals surface area contributed by atoms with Gasteiger partial charge in [-0.3, -0.25) is 0 Å². The molecule has 1 saturated carbocycles. The SMILES string of the molecule is O=S(=O)(N[C@@H]1CCN(CC2CC2)C1)N1CCCCCC1. The van der Waals surface area contributed by atoms with Gasteiger partial charge in [-0.25, -0.2) is 0 Å². The van der Waals surface area contributed by atoms with Gasteiger partial charge in [0, 0.05) is 32.2 Å². The van der Waals surface area contributed by atoms with Gasteiger partial charge in [-0.05, 0) is 44.6 Å². The predicted molar refractivity (Wildman–Crippen MR) is 79.7 cm³/mol. The first-order valence-corrected chi connectivity index (χ1v) is 9.57. The van der Waals surface area contributed by atoms with Crippen molar-refractivity contribution in [3.05, 3.63) is 0 Å². The minimum absolute atomic E-state index is 0.113. The fourth-order valence-electron chi connectivity index (χ4n) is 3.33. The number of rotatable bonds is 5. The molecular weight excluding hydrogens is 274 g/mol. The molecule has 0 bridgehead atoms. The maximum absolute atomic E-state index is 12.4. The van der Waals surface area contributed by atoms with Crippen LogP contribution in [0.4, 0.5) is 0 Å². The van der Waals surface area contributed by atoms with Crippen molar-refractivity contribution in [1.82, 2.24) is 13.9 Å². The van der Waals surface area contributed by atoms with E-state index in [0.29, 0.717) is 13.1 Å². The lowest BCUT2D eigenvalue weighted by Gasteiger charge is -2.23. The first-order chi connectivity index (χ1) is 9.63. The first kappa shape index (κ1) is 14.8. The Morgan fingerprint density at radius 1 is 0.950 bits per heavy atom. The average molecular weight is 301 g/mol. The van der Waals surface area contributed by atoms with Crippen molar-refractivity contribution >= 4 is 10.2 Å². The number of nitrogens with zero attached hydrogens (tertiary/aromatic N) is 2. The molecule has 2 heterocycles. The third-order valence-electron chi connectivity index (χ3n) is 4.71. The Hall–Kier alpha value is -0.170. The van der Waals surface area contributed by atoms with E-state index in [4.69, 9.17) is 0 Å². The summed E-state index contributed by atoms with van der Waals surface area (Å²) in [6, 6.07) is 0.113. The second kappa shape index (κ2) is 6.30. The molecule has 1 aliphatic carbocycles. The zero-order valence-corrected chi connectivity index (χ0v) is 13.1. The fourth-order valence-corrected chi connectivity index (χ4v) is 4.83. The van der Waals surface area contributed by atoms with Crippen LogP contribution in [0.2, 0.25) is 0 Å². The Bertz CT molecular complexity index is 414. The zero-order valence-electron chi connectivity index (χ0n) is 12.3. The Balaban J connectivity index is 1.50. The van der Waals surface area contributed by atoms with Crippen LogP contribution >= 0.6 is 0 Å². The molecule has 5 nitrogen and oxygen atoms in total. The number of hydrogen-bond acceptors (Lipinski definition) is 3. The van der Waals surface area contributed by atoms with Crippen molar-refractivity contribution in [2.45, 2.75) is 51.0 Å². The third kappa shape index (κ3) is 3.93. The van der Waals surface area contributed by atoms with E-state index in [1.807, 2.05) is 0 Å². The molecule has 0 aromatic rings. The molecule has 0 aromatic heterocycles. The summed E-state index contributed by atoms with van der Waals surface area (Å²) in [4.78, 5) is 2.42. The van der Waals surface area contributed by atoms with Gasteiger partial charge in [0.2, 0.25) is 0 Å². The molecule has 0 spiro atoms. The van der Waals surface area contributed by atoms with Crippen LogP contribution < -0.4 is 4.72 Å². The molecular formula is C14H27N3O2S. The van der Waals surface area contributed by atoms with Crippen LogP contribution in [0.15, 0.2) is 0 Å². The molecule has 3 rings (SSSR count). The predicted octanol–water partition coefficient (Wildman–Crippen LogP) is 1.18. The zero-order chi connectivity index (χ0) is 14.0. The molecule has 20 heavy (non-hydrogen) atoms. The summed E-state index contributed by atoms with van der Waals surface area (Å²) in [5.41, 5.74) is 0. The molecule has 1 atom stereocenters. The van der Waals surface area contributed by atoms with E-state index in [0.717, 1.165) is 51.1 Å². The van der Waals surface area contributed by atoms with Gasteiger partial charge in [0.15, 0.2) is 0 Å². The first-order valence-electron chi connectivity index (χ1n) is 8.13. The van der Waals surface area contributed by atoms with E-state index in [1.165, 1.54) is 19.4 Å². The summed E-state index contributed by atoms with van der Waals surface area (Å²) in [5, 5.41) is 0. The van der Waals surface area contributed by atoms with Crippen LogP contribution in [-0.4, -0.2) is 56.4 Å². The Morgan fingerprint density at radius 2 is 1.65 bits per heavy atom. The van der Waals surface area contributed by atoms with Gasteiger partial charge in [0.05, 0.1) is 0 Å². The van der Waals surface area contributed by atoms with E-state index in [9.17, 15) is 8.42 Å². The average Bonchev–Trinajstić information content (AvgIpc) is 3.15. The second-order valence-corrected chi connectivity index (χ2v) is 8.33. The highest BCUT2D eigenvalue weighted by molar-refractivity contribution is 7.87. The van der Waals surface area contributed by atoms with E-state index >= 15 is 0 Å². The molecule has 116 valence electrons. The molecule has 3 fully saturated rings. The molecule has 2 aliphatic heterocycles. The lowest BCUT2D eigenvalue weighted by molar-refractivity contribution is 0.317. The smallest absolute Gasteiger partial charge is 0.279 e. The van der Waals surface area contributed by atoms with Crippen LogP contribution in [0.3, 0.4) is 0 Å². The summed E-state index contributed by atoms with van der Waals surface area (Å²) in [5.74, 6) is 0.885. The molecule has 2 saturated heterocycles. The van der Waals surface area contributed by atoms with Crippen molar-refractivity contribution in [3.8, 4) is 0 Å². The largest absolute Gasteiger partial charge is 0.301 e. The number of hydrogen-bond donors (Lipinski definition) is 1. The lowest BCUT2D eigenvalue weighted by Crippen LogP contribution is -2.46. The number of likely N-dealkylation sites (tertiary alicyclic amines) is 1. The summed E-state index contributed by atoms with van der Waals surface area (Å²) in [7, 11) is -3.27. The summed E-state index contributed by atoms with van der Waals surface area (Å²) in [6.07, 6.45) is 8.00. The normalized spacial score (nSPS) is 30.5. The van der Waals surface area contributed by atoms with Crippen molar-refractivity contribution in [2.24, 2.45) is 5.92 Å². The van der Waals surface area contributed by atoms with E-state index in [1.54, 1.807) is 4.31 Å². The Morgan fingerprint density at radius 3 is 2.30 bits per heavy atom. The van der Waals surface area contributed by atoms with E-state index in [-0.39, 0.29) is 6.04 Å². The molecule has 3 aliphatic rings. The molecule has 0 unspecified atom stereocenters. The Labute approximate surface area is 122 Å². The van der Waals surface area contributed by atoms with E-state index < -0.39 is 10.2 Å². The third-order valence-corrected chi connectivity index (χ3v) is 6.38. The van der Waals surface area contributed by atoms with Gasteiger partial charge in [0.1, 0.15) is 0 Å². The standard InChI is InChI=1S/C14H27N3O2S/c18-20(19,17-8-3-1-2-4-9-17)15-14-7-10-16(12-14)11-13-5-6-13/h13-15H,1-12H2/t14-/m1/s1. The maximum Gasteiger partial charge on any atom is 0.279 e. The molecule has 0 aromatic carbocycles. The van der Waals surface area contributed by atoms with Crippen molar-refractivity contribution < 1.29 is 8.42 Å². The highest BCUT2D eigenvalue weighted by Gasteiger charge is 2.32.